The van der Waals surface area contributed by atoms with Gasteiger partial charge in [0.2, 0.25) is 0 Å². The summed E-state index contributed by atoms with van der Waals surface area (Å²) in [6.45, 7) is 0.918. The number of nitrogens with zero attached hydrogens (tertiary/aromatic N) is 1. The van der Waals surface area contributed by atoms with E-state index in [2.05, 4.69) is 4.98 Å². The van der Waals surface area contributed by atoms with E-state index >= 15 is 0 Å². The van der Waals surface area contributed by atoms with Crippen LogP contribution in [0.1, 0.15) is 18.2 Å². The Hall–Kier alpha value is -1.14. The predicted octanol–water partition coefficient (Wildman–Crippen LogP) is 1.27. The van der Waals surface area contributed by atoms with Gasteiger partial charge in [-0.1, -0.05) is 6.07 Å². The number of alkyl halides is 3. The Kier molecular flexibility index (Phi) is 3.01. The highest BCUT2D eigenvalue weighted by Crippen LogP contribution is 2.34. The summed E-state index contributed by atoms with van der Waals surface area (Å²) in [6.07, 6.45) is -3.56. The number of aliphatic hydroxyl groups is 1. The zero-order valence-electron chi connectivity index (χ0n) is 8.04. The van der Waals surface area contributed by atoms with E-state index in [1.807, 2.05) is 0 Å². The molecule has 0 aliphatic rings. The van der Waals surface area contributed by atoms with E-state index < -0.39 is 17.5 Å². The van der Waals surface area contributed by atoms with Crippen molar-refractivity contribution in [2.45, 2.75) is 18.7 Å². The quantitative estimate of drug-likeness (QED) is 0.789. The van der Waals surface area contributed by atoms with Crippen molar-refractivity contribution in [3.8, 4) is 0 Å². The number of rotatable bonds is 2. The molecule has 0 saturated carbocycles. The predicted molar refractivity (Wildman–Crippen MR) is 47.9 cm³/mol. The molecule has 0 saturated heterocycles. The molecule has 84 valence electrons. The highest BCUT2D eigenvalue weighted by molar-refractivity contribution is 5.28. The van der Waals surface area contributed by atoms with Crippen LogP contribution in [-0.4, -0.2) is 16.6 Å². The van der Waals surface area contributed by atoms with Crippen molar-refractivity contribution in [2.75, 3.05) is 6.54 Å². The van der Waals surface area contributed by atoms with Crippen molar-refractivity contribution in [1.82, 2.24) is 4.98 Å². The molecule has 0 spiro atoms. The lowest BCUT2D eigenvalue weighted by Gasteiger charge is -2.24. The summed E-state index contributed by atoms with van der Waals surface area (Å²) in [7, 11) is 0. The van der Waals surface area contributed by atoms with Gasteiger partial charge in [0, 0.05) is 18.3 Å². The molecule has 0 fully saturated rings. The second-order valence-corrected chi connectivity index (χ2v) is 3.38. The van der Waals surface area contributed by atoms with Crippen LogP contribution in [0, 0.1) is 0 Å². The van der Waals surface area contributed by atoms with Gasteiger partial charge in [0.1, 0.15) is 5.60 Å². The molecule has 0 aliphatic heterocycles. The zero-order chi connectivity index (χ0) is 11.7. The van der Waals surface area contributed by atoms with E-state index in [0.717, 1.165) is 6.20 Å². The summed E-state index contributed by atoms with van der Waals surface area (Å²) in [5.74, 6) is 0. The summed E-state index contributed by atoms with van der Waals surface area (Å²) in [5.41, 5.74) is 2.08. The lowest BCUT2D eigenvalue weighted by Crippen LogP contribution is -2.34. The van der Waals surface area contributed by atoms with Crippen LogP contribution in [0.2, 0.25) is 0 Å². The average molecular weight is 220 g/mol. The van der Waals surface area contributed by atoms with E-state index in [1.165, 1.54) is 19.1 Å². The van der Waals surface area contributed by atoms with E-state index in [-0.39, 0.29) is 12.1 Å². The number of aromatic nitrogens is 1. The Morgan fingerprint density at radius 1 is 1.47 bits per heavy atom. The van der Waals surface area contributed by atoms with Crippen molar-refractivity contribution in [1.29, 1.82) is 0 Å². The molecule has 1 heterocycles. The Labute approximate surface area is 84.7 Å². The van der Waals surface area contributed by atoms with E-state index in [9.17, 15) is 18.3 Å². The van der Waals surface area contributed by atoms with Crippen molar-refractivity contribution in [2.24, 2.45) is 5.73 Å². The largest absolute Gasteiger partial charge is 0.433 e. The van der Waals surface area contributed by atoms with Crippen molar-refractivity contribution >= 4 is 0 Å². The van der Waals surface area contributed by atoms with Crippen LogP contribution in [0.25, 0.3) is 0 Å². The highest BCUT2D eigenvalue weighted by atomic mass is 19.4. The maximum absolute atomic E-state index is 12.5. The smallest absolute Gasteiger partial charge is 0.384 e. The Bertz CT molecular complexity index is 349. The van der Waals surface area contributed by atoms with Gasteiger partial charge in [-0.05, 0) is 13.0 Å². The average Bonchev–Trinajstić information content (AvgIpc) is 2.16. The minimum Gasteiger partial charge on any atom is -0.384 e. The molecule has 15 heavy (non-hydrogen) atoms. The molecule has 1 aromatic rings. The molecular formula is C9H11F3N2O. The van der Waals surface area contributed by atoms with Gasteiger partial charge in [0.15, 0.2) is 5.69 Å². The third-order valence-corrected chi connectivity index (χ3v) is 2.05. The lowest BCUT2D eigenvalue weighted by atomic mass is 9.94. The summed E-state index contributed by atoms with van der Waals surface area (Å²) in [5, 5.41) is 9.67. The summed E-state index contributed by atoms with van der Waals surface area (Å²) in [4.78, 5) is 3.22. The number of nitrogens with two attached hydrogens (primary N) is 1. The first-order valence-electron chi connectivity index (χ1n) is 4.24. The number of hydrogen-bond acceptors (Lipinski definition) is 3. The first-order valence-corrected chi connectivity index (χ1v) is 4.24. The molecule has 0 aliphatic carbocycles. The molecule has 0 aromatic carbocycles. The fraction of sp³-hybridized carbons (Fsp3) is 0.444. The first kappa shape index (κ1) is 11.9. The van der Waals surface area contributed by atoms with Crippen LogP contribution in [0.15, 0.2) is 18.3 Å². The zero-order valence-corrected chi connectivity index (χ0v) is 8.04. The second kappa shape index (κ2) is 3.79. The van der Waals surface area contributed by atoms with Crippen LogP contribution in [0.3, 0.4) is 0 Å². The molecule has 0 bridgehead atoms. The van der Waals surface area contributed by atoms with Crippen molar-refractivity contribution in [3.05, 3.63) is 29.6 Å². The van der Waals surface area contributed by atoms with Gasteiger partial charge in [-0.15, -0.1) is 0 Å². The lowest BCUT2D eigenvalue weighted by molar-refractivity contribution is -0.144. The molecular weight excluding hydrogens is 209 g/mol. The number of pyridine rings is 1. The second-order valence-electron chi connectivity index (χ2n) is 3.38. The van der Waals surface area contributed by atoms with Crippen molar-refractivity contribution < 1.29 is 18.3 Å². The van der Waals surface area contributed by atoms with E-state index in [1.54, 1.807) is 0 Å². The summed E-state index contributed by atoms with van der Waals surface area (Å²) >= 11 is 0. The van der Waals surface area contributed by atoms with Crippen LogP contribution >= 0.6 is 0 Å². The van der Waals surface area contributed by atoms with Crippen molar-refractivity contribution in [3.63, 3.8) is 0 Å². The Morgan fingerprint density at radius 3 is 2.53 bits per heavy atom. The third-order valence-electron chi connectivity index (χ3n) is 2.05. The van der Waals surface area contributed by atoms with Gasteiger partial charge in [-0.2, -0.15) is 13.2 Å². The molecule has 0 radical (unpaired) electrons. The van der Waals surface area contributed by atoms with Gasteiger partial charge in [-0.3, -0.25) is 4.98 Å². The van der Waals surface area contributed by atoms with Gasteiger partial charge < -0.3 is 10.8 Å². The summed E-state index contributed by atoms with van der Waals surface area (Å²) < 4.78 is 37.5. The van der Waals surface area contributed by atoms with Gasteiger partial charge >= 0.3 is 6.18 Å². The summed E-state index contributed by atoms with van der Waals surface area (Å²) in [6, 6.07) is 2.50. The number of halogens is 3. The molecule has 3 N–H and O–H groups in total. The molecule has 1 unspecified atom stereocenters. The molecule has 6 heteroatoms. The van der Waals surface area contributed by atoms with E-state index in [0.29, 0.717) is 0 Å². The highest BCUT2D eigenvalue weighted by Gasteiger charge is 2.39. The maximum Gasteiger partial charge on any atom is 0.433 e. The Morgan fingerprint density at radius 2 is 2.07 bits per heavy atom. The molecule has 1 aromatic heterocycles. The topological polar surface area (TPSA) is 59.1 Å². The minimum atomic E-state index is -4.59. The third kappa shape index (κ3) is 2.45. The molecule has 1 atom stereocenters. The van der Waals surface area contributed by atoms with E-state index in [4.69, 9.17) is 5.73 Å². The standard InChI is InChI=1S/C9H11F3N2O/c1-8(15,5-13)6-3-2-4-14-7(6)9(10,11)12/h2-4,15H,5,13H2,1H3. The minimum absolute atomic E-state index is 0.304. The molecule has 3 nitrogen and oxygen atoms in total. The normalized spacial score (nSPS) is 16.1. The number of hydrogen-bond donors (Lipinski definition) is 2. The van der Waals surface area contributed by atoms with Crippen LogP contribution < -0.4 is 5.73 Å². The fourth-order valence-corrected chi connectivity index (χ4v) is 1.18. The van der Waals surface area contributed by atoms with Crippen LogP contribution in [0.5, 0.6) is 0 Å². The maximum atomic E-state index is 12.5. The molecule has 0 amide bonds. The van der Waals surface area contributed by atoms with Gasteiger partial charge in [0.05, 0.1) is 0 Å². The monoisotopic (exact) mass is 220 g/mol. The first-order chi connectivity index (χ1) is 6.79. The van der Waals surface area contributed by atoms with Crippen LogP contribution in [0.4, 0.5) is 13.2 Å². The molecule has 1 rings (SSSR count). The Balaban J connectivity index is 3.31. The van der Waals surface area contributed by atoms with Crippen LogP contribution in [-0.2, 0) is 11.8 Å². The fourth-order valence-electron chi connectivity index (χ4n) is 1.18. The van der Waals surface area contributed by atoms with Gasteiger partial charge in [0.25, 0.3) is 0 Å². The van der Waals surface area contributed by atoms with Gasteiger partial charge in [-0.25, -0.2) is 0 Å². The SMILES string of the molecule is CC(O)(CN)c1cccnc1C(F)(F)F.